The van der Waals surface area contributed by atoms with Crippen molar-refractivity contribution in [2.24, 2.45) is 5.73 Å². The van der Waals surface area contributed by atoms with Crippen molar-refractivity contribution in [2.75, 3.05) is 19.0 Å². The predicted octanol–water partition coefficient (Wildman–Crippen LogP) is -2.56. The average Bonchev–Trinajstić information content (AvgIpc) is 2.94. The van der Waals surface area contributed by atoms with Gasteiger partial charge in [0.05, 0.1) is 0 Å². The van der Waals surface area contributed by atoms with Gasteiger partial charge in [0.2, 0.25) is 12.2 Å². The Kier molecular flexibility index (Phi) is 15.7. The van der Waals surface area contributed by atoms with Gasteiger partial charge in [-0.25, -0.2) is 4.18 Å². The number of hydrogen-bond acceptors (Lipinski definition) is 21. The Morgan fingerprint density at radius 2 is 0.863 bits per heavy atom. The first-order valence-corrected chi connectivity index (χ1v) is 16.5. The fourth-order valence-corrected chi connectivity index (χ4v) is 5.76. The van der Waals surface area contributed by atoms with Crippen LogP contribution >= 0.6 is 0 Å². The number of amides is 1. The van der Waals surface area contributed by atoms with Crippen molar-refractivity contribution in [3.63, 3.8) is 0 Å². The van der Waals surface area contributed by atoms with Crippen LogP contribution in [0, 0.1) is 0 Å². The molecule has 0 saturated carbocycles. The summed E-state index contributed by atoms with van der Waals surface area (Å²) in [6.07, 6.45) is -18.3. The number of esters is 7. The van der Waals surface area contributed by atoms with Crippen LogP contribution in [-0.2, 0) is 100 Å². The quantitative estimate of drug-likeness (QED) is 0.102. The zero-order valence-corrected chi connectivity index (χ0v) is 29.3. The van der Waals surface area contributed by atoms with Crippen LogP contribution in [0.2, 0.25) is 0 Å². The molecule has 51 heavy (non-hydrogen) atoms. The van der Waals surface area contributed by atoms with Crippen LogP contribution in [0.5, 0.6) is 0 Å². The third-order valence-corrected chi connectivity index (χ3v) is 7.57. The van der Waals surface area contributed by atoms with Gasteiger partial charge in [-0.3, -0.25) is 38.4 Å². The van der Waals surface area contributed by atoms with Crippen molar-refractivity contribution in [2.45, 2.75) is 110 Å². The van der Waals surface area contributed by atoms with Crippen molar-refractivity contribution >= 4 is 57.8 Å². The van der Waals surface area contributed by atoms with Crippen molar-refractivity contribution in [1.29, 1.82) is 0 Å². The van der Waals surface area contributed by atoms with Gasteiger partial charge in [-0.05, 0) is 0 Å². The molecule has 288 valence electrons. The minimum atomic E-state index is -4.87. The van der Waals surface area contributed by atoms with Gasteiger partial charge in [0.1, 0.15) is 31.5 Å². The second kappa shape index (κ2) is 18.7. The van der Waals surface area contributed by atoms with Crippen molar-refractivity contribution in [1.82, 2.24) is 0 Å². The molecule has 0 aromatic carbocycles. The number of carbonyl (C=O) groups excluding carboxylic acids is 8. The summed E-state index contributed by atoms with van der Waals surface area (Å²) in [5.41, 5.74) is 4.99. The molecule has 0 bridgehead atoms. The molecule has 2 heterocycles. The number of hydrogen-bond donors (Lipinski definition) is 1. The van der Waals surface area contributed by atoms with Gasteiger partial charge in [0.25, 0.3) is 10.1 Å². The molecule has 0 aliphatic carbocycles. The highest BCUT2D eigenvalue weighted by Crippen LogP contribution is 2.36. The monoisotopic (exact) mass is 757 g/mol. The van der Waals surface area contributed by atoms with E-state index in [9.17, 15) is 46.8 Å². The predicted molar refractivity (Wildman–Crippen MR) is 157 cm³/mol. The summed E-state index contributed by atoms with van der Waals surface area (Å²) in [6, 6.07) is 0. The van der Waals surface area contributed by atoms with Crippen molar-refractivity contribution in [3.8, 4) is 0 Å². The molecule has 22 nitrogen and oxygen atoms in total. The Morgan fingerprint density at radius 3 is 1.27 bits per heavy atom. The lowest BCUT2D eigenvalue weighted by molar-refractivity contribution is -0.354. The van der Waals surface area contributed by atoms with E-state index in [1.165, 1.54) is 0 Å². The lowest BCUT2D eigenvalue weighted by Crippen LogP contribution is -2.67. The third kappa shape index (κ3) is 13.7. The van der Waals surface area contributed by atoms with Gasteiger partial charge in [-0.2, -0.15) is 8.42 Å². The van der Waals surface area contributed by atoms with Gasteiger partial charge < -0.3 is 53.1 Å². The Balaban J connectivity index is 2.78. The summed E-state index contributed by atoms with van der Waals surface area (Å²) < 4.78 is 84.7. The van der Waals surface area contributed by atoms with E-state index in [0.29, 0.717) is 0 Å². The molecular weight excluding hydrogens is 718 g/mol. The Hall–Kier alpha value is -4.45. The first-order valence-electron chi connectivity index (χ1n) is 14.9. The summed E-state index contributed by atoms with van der Waals surface area (Å²) in [5.74, 6) is -9.48. The van der Waals surface area contributed by atoms with Gasteiger partial charge in [0, 0.05) is 48.5 Å². The Labute approximate surface area is 290 Å². The molecule has 10 atom stereocenters. The van der Waals surface area contributed by atoms with Gasteiger partial charge in [-0.1, -0.05) is 0 Å². The van der Waals surface area contributed by atoms with Crippen LogP contribution in [0.25, 0.3) is 0 Å². The molecule has 0 aromatic rings. The third-order valence-electron chi connectivity index (χ3n) is 6.45. The zero-order chi connectivity index (χ0) is 38.8. The van der Waals surface area contributed by atoms with Crippen LogP contribution in [0.1, 0.15) is 48.5 Å². The molecule has 2 rings (SSSR count). The van der Waals surface area contributed by atoms with Gasteiger partial charge >= 0.3 is 41.8 Å². The Morgan fingerprint density at radius 1 is 0.510 bits per heavy atom. The summed E-state index contributed by atoms with van der Waals surface area (Å²) in [7, 11) is -4.87. The highest BCUT2D eigenvalue weighted by Gasteiger charge is 2.58. The molecule has 2 saturated heterocycles. The molecule has 0 spiro atoms. The van der Waals surface area contributed by atoms with Crippen LogP contribution in [0.4, 0.5) is 0 Å². The lowest BCUT2D eigenvalue weighted by atomic mass is 9.96. The number of ether oxygens (including phenoxy) is 10. The lowest BCUT2D eigenvalue weighted by Gasteiger charge is -2.48. The molecule has 2 fully saturated rings. The van der Waals surface area contributed by atoms with Crippen LogP contribution in [-0.4, -0.2) is 136 Å². The van der Waals surface area contributed by atoms with Gasteiger partial charge in [0.15, 0.2) is 42.6 Å². The normalized spacial score (nSPS) is 29.0. The van der Waals surface area contributed by atoms with Crippen LogP contribution in [0.3, 0.4) is 0 Å². The molecule has 1 amide bonds. The molecule has 0 radical (unpaired) electrons. The standard InChI is InChI=1S/C28H39NO21S/c1-11(30)40-8-18-21(42-13(3)32)23(43-14(4)33)25(45-16(6)35)27(47-18)49-22-19(9-41-12(2)31)48-28(50-51(38,39)10-20(29)37)26(46-17(7)36)24(22)44-15(5)34/h18-19,21-28H,8-10H2,1-7H3,(H2,29,37)/t18-,19-,21-,22?,23+,24+,25-,26-,27+,28+/m1/s1. The maximum Gasteiger partial charge on any atom is 0.303 e. The minimum Gasteiger partial charge on any atom is -0.463 e. The maximum atomic E-state index is 12.6. The molecule has 0 aromatic heterocycles. The van der Waals surface area contributed by atoms with Crippen molar-refractivity contribution in [3.05, 3.63) is 0 Å². The van der Waals surface area contributed by atoms with E-state index in [-0.39, 0.29) is 0 Å². The summed E-state index contributed by atoms with van der Waals surface area (Å²) >= 11 is 0. The molecule has 1 unspecified atom stereocenters. The van der Waals surface area contributed by atoms with E-state index >= 15 is 0 Å². The first kappa shape index (κ1) is 42.7. The highest BCUT2D eigenvalue weighted by molar-refractivity contribution is 7.87. The van der Waals surface area contributed by atoms with E-state index < -0.39 is 138 Å². The number of carbonyl (C=O) groups is 8. The minimum absolute atomic E-state index is 0.660. The van der Waals surface area contributed by atoms with E-state index in [4.69, 9.17) is 57.3 Å². The average molecular weight is 758 g/mol. The molecule has 2 aliphatic rings. The van der Waals surface area contributed by atoms with Crippen molar-refractivity contribution < 1.29 is 98.3 Å². The largest absolute Gasteiger partial charge is 0.463 e. The fraction of sp³-hybridized carbons (Fsp3) is 0.714. The summed E-state index contributed by atoms with van der Waals surface area (Å²) in [6.45, 7) is 5.30. The number of primary amides is 1. The first-order chi connectivity index (χ1) is 23.6. The molecule has 23 heteroatoms. The summed E-state index contributed by atoms with van der Waals surface area (Å²) in [5, 5.41) is 0. The summed E-state index contributed by atoms with van der Waals surface area (Å²) in [4.78, 5) is 96.2. The zero-order valence-electron chi connectivity index (χ0n) is 28.5. The smallest absolute Gasteiger partial charge is 0.303 e. The van der Waals surface area contributed by atoms with E-state index in [1.807, 2.05) is 0 Å². The maximum absolute atomic E-state index is 12.6. The highest BCUT2D eigenvalue weighted by atomic mass is 32.2. The topological polar surface area (TPSA) is 298 Å². The van der Waals surface area contributed by atoms with E-state index in [1.54, 1.807) is 0 Å². The molecular formula is C28H39NO21S. The second-order valence-electron chi connectivity index (χ2n) is 10.9. The molecule has 2 aliphatic heterocycles. The second-order valence-corrected chi connectivity index (χ2v) is 12.5. The van der Waals surface area contributed by atoms with E-state index in [0.717, 1.165) is 48.5 Å². The van der Waals surface area contributed by atoms with Crippen LogP contribution < -0.4 is 5.73 Å². The Bertz CT molecular complexity index is 1450. The van der Waals surface area contributed by atoms with E-state index in [2.05, 4.69) is 0 Å². The molecule has 2 N–H and O–H groups in total. The van der Waals surface area contributed by atoms with Gasteiger partial charge in [-0.15, -0.1) is 0 Å². The number of rotatable bonds is 15. The fourth-order valence-electron chi connectivity index (χ4n) is 4.90. The number of nitrogens with two attached hydrogens (primary N) is 1. The van der Waals surface area contributed by atoms with Crippen LogP contribution in [0.15, 0.2) is 0 Å². The SMILES string of the molecule is CC(=O)OC[C@H]1O[C@@H](OS(=O)(=O)CC(N)=O)[C@H](OC(C)=O)[C@@H](OC(C)=O)C1O[C@@H]1O[C@H](COC(C)=O)[C@@H](OC(C)=O)[C@H](OC(C)=O)[C@H]1OC(C)=O.